The fourth-order valence-electron chi connectivity index (χ4n) is 5.72. The number of aryl methyl sites for hydroxylation is 3. The maximum atomic E-state index is 11.6. The molecule has 2 nitrogen and oxygen atoms in total. The Morgan fingerprint density at radius 1 is 0.714 bits per heavy atom. The lowest BCUT2D eigenvalue weighted by atomic mass is 9.81. The van der Waals surface area contributed by atoms with Gasteiger partial charge in [0.05, 0.1) is 6.61 Å². The Morgan fingerprint density at radius 2 is 1.33 bits per heavy atom. The first kappa shape index (κ1) is 29.3. The summed E-state index contributed by atoms with van der Waals surface area (Å²) in [5.41, 5.74) is 10.8. The zero-order valence-corrected chi connectivity index (χ0v) is 25.9. The van der Waals surface area contributed by atoms with Gasteiger partial charge < -0.3 is 4.74 Å². The van der Waals surface area contributed by atoms with Gasteiger partial charge in [-0.25, -0.2) is 4.79 Å². The van der Waals surface area contributed by atoms with Gasteiger partial charge in [0.2, 0.25) is 0 Å². The third kappa shape index (κ3) is 6.04. The van der Waals surface area contributed by atoms with Crippen LogP contribution in [0.1, 0.15) is 62.8 Å². The molecule has 0 fully saturated rings. The smallest absolute Gasteiger partial charge is 0.333 e. The minimum absolute atomic E-state index is 0.0419. The molecule has 0 heterocycles. The van der Waals surface area contributed by atoms with E-state index in [0.717, 1.165) is 19.3 Å². The van der Waals surface area contributed by atoms with Crippen molar-refractivity contribution in [2.45, 2.75) is 66.2 Å². The van der Waals surface area contributed by atoms with E-state index in [2.05, 4.69) is 126 Å². The quantitative estimate of drug-likeness (QED) is 0.0825. The van der Waals surface area contributed by atoms with Crippen molar-refractivity contribution in [3.8, 4) is 22.3 Å². The van der Waals surface area contributed by atoms with Crippen molar-refractivity contribution in [2.24, 2.45) is 0 Å². The fourth-order valence-corrected chi connectivity index (χ4v) is 5.72. The molecule has 214 valence electrons. The van der Waals surface area contributed by atoms with E-state index in [4.69, 9.17) is 4.74 Å². The molecule has 0 aliphatic carbocycles. The molecule has 0 bridgehead atoms. The number of unbranched alkanes of at least 4 members (excludes halogenated alkanes) is 1. The van der Waals surface area contributed by atoms with Crippen LogP contribution in [-0.2, 0) is 21.4 Å². The van der Waals surface area contributed by atoms with E-state index in [9.17, 15) is 4.79 Å². The SMILES string of the molecule is C=C(C)C(=O)OCCCCc1ccc(-c2c3ccccc3c(-c3ccc(C)c(C)c3)c3ccc(C(C)(C)C)cc23)cc1. The fraction of sp³-hybridized carbons (Fsp3) is 0.275. The van der Waals surface area contributed by atoms with Crippen LogP contribution in [0.15, 0.2) is 97.1 Å². The number of carbonyl (C=O) groups excluding carboxylic acids is 1. The third-order valence-corrected chi connectivity index (χ3v) is 8.37. The van der Waals surface area contributed by atoms with Crippen molar-refractivity contribution in [2.75, 3.05) is 6.61 Å². The van der Waals surface area contributed by atoms with Crippen LogP contribution < -0.4 is 0 Å². The highest BCUT2D eigenvalue weighted by atomic mass is 16.5. The zero-order valence-electron chi connectivity index (χ0n) is 25.9. The number of carbonyl (C=O) groups is 1. The number of hydrogen-bond acceptors (Lipinski definition) is 2. The van der Waals surface area contributed by atoms with Crippen LogP contribution in [-0.4, -0.2) is 12.6 Å². The lowest BCUT2D eigenvalue weighted by Gasteiger charge is -2.23. The predicted octanol–water partition coefficient (Wildman–Crippen LogP) is 10.7. The maximum Gasteiger partial charge on any atom is 0.333 e. The van der Waals surface area contributed by atoms with Gasteiger partial charge in [0.15, 0.2) is 0 Å². The van der Waals surface area contributed by atoms with Gasteiger partial charge in [0.25, 0.3) is 0 Å². The molecule has 5 rings (SSSR count). The van der Waals surface area contributed by atoms with E-state index in [1.807, 2.05) is 0 Å². The Balaban J connectivity index is 1.59. The number of esters is 1. The lowest BCUT2D eigenvalue weighted by molar-refractivity contribution is -0.139. The first-order valence-electron chi connectivity index (χ1n) is 15.0. The first-order valence-corrected chi connectivity index (χ1v) is 15.0. The molecular formula is C40H42O2. The summed E-state index contributed by atoms with van der Waals surface area (Å²) in [6.07, 6.45) is 2.76. The van der Waals surface area contributed by atoms with Gasteiger partial charge in [-0.2, -0.15) is 0 Å². The molecule has 0 saturated heterocycles. The van der Waals surface area contributed by atoms with Gasteiger partial charge in [-0.1, -0.05) is 106 Å². The molecule has 0 unspecified atom stereocenters. The van der Waals surface area contributed by atoms with E-state index in [1.165, 1.54) is 66.1 Å². The average Bonchev–Trinajstić information content (AvgIpc) is 2.96. The molecule has 2 heteroatoms. The summed E-state index contributed by atoms with van der Waals surface area (Å²) >= 11 is 0. The van der Waals surface area contributed by atoms with Crippen LogP contribution in [0.25, 0.3) is 43.8 Å². The van der Waals surface area contributed by atoms with Crippen LogP contribution in [0, 0.1) is 13.8 Å². The summed E-state index contributed by atoms with van der Waals surface area (Å²) in [6, 6.07) is 31.8. The minimum atomic E-state index is -0.308. The highest BCUT2D eigenvalue weighted by Crippen LogP contribution is 2.45. The van der Waals surface area contributed by atoms with Crippen LogP contribution in [0.5, 0.6) is 0 Å². The molecule has 0 atom stereocenters. The molecule has 42 heavy (non-hydrogen) atoms. The zero-order chi connectivity index (χ0) is 30.0. The molecule has 5 aromatic carbocycles. The second kappa shape index (κ2) is 12.0. The monoisotopic (exact) mass is 554 g/mol. The molecule has 5 aromatic rings. The number of ether oxygens (including phenoxy) is 1. The number of rotatable bonds is 8. The Kier molecular flexibility index (Phi) is 8.36. The second-order valence-corrected chi connectivity index (χ2v) is 12.7. The van der Waals surface area contributed by atoms with Crippen molar-refractivity contribution in [1.82, 2.24) is 0 Å². The van der Waals surface area contributed by atoms with Crippen molar-refractivity contribution < 1.29 is 9.53 Å². The standard InChI is InChI=1S/C40H42O2/c1-26(2)39(41)42-23-11-10-12-29-16-19-30(20-17-29)37-33-13-8-9-14-34(33)38(31-18-15-27(3)28(4)24-31)35-22-21-32(25-36(35)37)40(5,6)7/h8-9,13-22,24-25H,1,10-12,23H2,2-7H3. The summed E-state index contributed by atoms with van der Waals surface area (Å²) < 4.78 is 5.25. The Hall–Kier alpha value is -4.17. The van der Waals surface area contributed by atoms with Gasteiger partial charge in [-0.05, 0) is 118 Å². The largest absolute Gasteiger partial charge is 0.462 e. The summed E-state index contributed by atoms with van der Waals surface area (Å²) in [7, 11) is 0. The van der Waals surface area contributed by atoms with Gasteiger partial charge in [0, 0.05) is 5.57 Å². The van der Waals surface area contributed by atoms with Crippen molar-refractivity contribution >= 4 is 27.5 Å². The highest BCUT2D eigenvalue weighted by molar-refractivity contribution is 6.21. The van der Waals surface area contributed by atoms with Gasteiger partial charge in [-0.15, -0.1) is 0 Å². The summed E-state index contributed by atoms with van der Waals surface area (Å²) in [5, 5.41) is 5.13. The highest BCUT2D eigenvalue weighted by Gasteiger charge is 2.20. The first-order chi connectivity index (χ1) is 20.0. The van der Waals surface area contributed by atoms with Crippen molar-refractivity contribution in [3.63, 3.8) is 0 Å². The van der Waals surface area contributed by atoms with E-state index >= 15 is 0 Å². The number of fused-ring (bicyclic) bond motifs is 2. The molecule has 0 amide bonds. The van der Waals surface area contributed by atoms with Crippen LogP contribution >= 0.6 is 0 Å². The normalized spacial score (nSPS) is 11.7. The summed E-state index contributed by atoms with van der Waals surface area (Å²) in [5.74, 6) is -0.308. The molecule has 0 aromatic heterocycles. The minimum Gasteiger partial charge on any atom is -0.462 e. The van der Waals surface area contributed by atoms with E-state index in [1.54, 1.807) is 6.92 Å². The van der Waals surface area contributed by atoms with Crippen LogP contribution in [0.2, 0.25) is 0 Å². The summed E-state index contributed by atoms with van der Waals surface area (Å²) in [6.45, 7) is 17.0. The van der Waals surface area contributed by atoms with E-state index < -0.39 is 0 Å². The topological polar surface area (TPSA) is 26.3 Å². The Morgan fingerprint density at radius 3 is 1.95 bits per heavy atom. The molecule has 0 saturated carbocycles. The number of benzene rings is 5. The van der Waals surface area contributed by atoms with Gasteiger partial charge >= 0.3 is 5.97 Å². The molecule has 0 radical (unpaired) electrons. The van der Waals surface area contributed by atoms with Crippen molar-refractivity contribution in [3.05, 3.63) is 119 Å². The number of hydrogen-bond donors (Lipinski definition) is 0. The molecular weight excluding hydrogens is 512 g/mol. The van der Waals surface area contributed by atoms with Crippen LogP contribution in [0.4, 0.5) is 0 Å². The second-order valence-electron chi connectivity index (χ2n) is 12.7. The molecule has 0 aliphatic heterocycles. The Labute approximate surface area is 251 Å². The van der Waals surface area contributed by atoms with Crippen LogP contribution in [0.3, 0.4) is 0 Å². The summed E-state index contributed by atoms with van der Waals surface area (Å²) in [4.78, 5) is 11.6. The van der Waals surface area contributed by atoms with Gasteiger partial charge in [0.1, 0.15) is 0 Å². The Bertz CT molecular complexity index is 1780. The van der Waals surface area contributed by atoms with E-state index in [0.29, 0.717) is 12.2 Å². The lowest BCUT2D eigenvalue weighted by Crippen LogP contribution is -2.10. The third-order valence-electron chi connectivity index (χ3n) is 8.37. The van der Waals surface area contributed by atoms with Crippen molar-refractivity contribution in [1.29, 1.82) is 0 Å². The molecule has 0 N–H and O–H groups in total. The molecule has 0 spiro atoms. The predicted molar refractivity (Wildman–Crippen MR) is 179 cm³/mol. The van der Waals surface area contributed by atoms with Gasteiger partial charge in [-0.3, -0.25) is 0 Å². The maximum absolute atomic E-state index is 11.6. The molecule has 0 aliphatic rings. The van der Waals surface area contributed by atoms with E-state index in [-0.39, 0.29) is 11.4 Å². The average molecular weight is 555 g/mol.